The van der Waals surface area contributed by atoms with Crippen LogP contribution in [0.3, 0.4) is 0 Å². The summed E-state index contributed by atoms with van der Waals surface area (Å²) in [5.41, 5.74) is 0.711. The maximum atomic E-state index is 10.3. The molecular formula is C8H12N2O. The lowest BCUT2D eigenvalue weighted by atomic mass is 10.2. The predicted molar refractivity (Wildman–Crippen MR) is 42.7 cm³/mol. The smallest absolute Gasteiger partial charge is 0.147 e. The molecule has 0 saturated carbocycles. The highest BCUT2D eigenvalue weighted by Gasteiger charge is 1.93. The fourth-order valence-electron chi connectivity index (χ4n) is 0.645. The molecule has 0 atom stereocenters. The highest BCUT2D eigenvalue weighted by Crippen LogP contribution is 1.97. The maximum Gasteiger partial charge on any atom is 0.147 e. The number of aldehydes is 1. The van der Waals surface area contributed by atoms with Crippen molar-refractivity contribution in [2.45, 2.75) is 13.3 Å². The zero-order valence-corrected chi connectivity index (χ0v) is 6.87. The molecular weight excluding hydrogens is 140 g/mol. The van der Waals surface area contributed by atoms with Crippen molar-refractivity contribution in [2.75, 3.05) is 13.6 Å². The Morgan fingerprint density at radius 3 is 2.73 bits per heavy atom. The number of rotatable bonds is 4. The van der Waals surface area contributed by atoms with Crippen LogP contribution in [0.1, 0.15) is 13.3 Å². The van der Waals surface area contributed by atoms with Gasteiger partial charge in [-0.2, -0.15) is 5.26 Å². The molecule has 0 aliphatic rings. The summed E-state index contributed by atoms with van der Waals surface area (Å²) in [5, 5.41) is 8.29. The molecule has 60 valence electrons. The van der Waals surface area contributed by atoms with Crippen LogP contribution in [0.4, 0.5) is 0 Å². The van der Waals surface area contributed by atoms with E-state index >= 15 is 0 Å². The van der Waals surface area contributed by atoms with E-state index in [9.17, 15) is 4.79 Å². The van der Waals surface area contributed by atoms with Gasteiger partial charge in [-0.05, 0) is 6.42 Å². The first-order valence-electron chi connectivity index (χ1n) is 3.47. The van der Waals surface area contributed by atoms with Crippen LogP contribution in [0, 0.1) is 11.3 Å². The van der Waals surface area contributed by atoms with Gasteiger partial charge < -0.3 is 4.90 Å². The molecule has 0 aromatic carbocycles. The Morgan fingerprint density at radius 2 is 2.36 bits per heavy atom. The van der Waals surface area contributed by atoms with E-state index in [0.717, 1.165) is 6.29 Å². The molecule has 0 rings (SSSR count). The van der Waals surface area contributed by atoms with Gasteiger partial charge in [0.15, 0.2) is 0 Å². The first kappa shape index (κ1) is 9.70. The number of hydrogen-bond donors (Lipinski definition) is 0. The van der Waals surface area contributed by atoms with Crippen LogP contribution in [0.5, 0.6) is 0 Å². The second-order valence-electron chi connectivity index (χ2n) is 2.25. The van der Waals surface area contributed by atoms with E-state index in [-0.39, 0.29) is 0 Å². The molecule has 0 saturated heterocycles. The lowest BCUT2D eigenvalue weighted by molar-refractivity contribution is -0.105. The van der Waals surface area contributed by atoms with E-state index in [0.29, 0.717) is 18.5 Å². The maximum absolute atomic E-state index is 10.3. The Balaban J connectivity index is 4.04. The third kappa shape index (κ3) is 4.15. The van der Waals surface area contributed by atoms with Crippen LogP contribution in [0.25, 0.3) is 0 Å². The predicted octanol–water partition coefficient (Wildman–Crippen LogP) is 0.935. The van der Waals surface area contributed by atoms with Crippen LogP contribution >= 0.6 is 0 Å². The van der Waals surface area contributed by atoms with Crippen molar-refractivity contribution in [2.24, 2.45) is 0 Å². The zero-order valence-electron chi connectivity index (χ0n) is 6.87. The van der Waals surface area contributed by atoms with Crippen molar-refractivity contribution in [3.8, 4) is 6.07 Å². The van der Waals surface area contributed by atoms with Crippen molar-refractivity contribution in [1.82, 2.24) is 4.90 Å². The molecule has 0 aromatic heterocycles. The van der Waals surface area contributed by atoms with Gasteiger partial charge in [-0.25, -0.2) is 0 Å². The van der Waals surface area contributed by atoms with Crippen molar-refractivity contribution in [1.29, 1.82) is 5.26 Å². The molecule has 0 aliphatic heterocycles. The SMILES string of the molecule is CC/C(C=O)=C/N(C)CC#N. The first-order chi connectivity index (χ1) is 5.24. The van der Waals surface area contributed by atoms with Crippen LogP contribution in [-0.4, -0.2) is 24.8 Å². The number of allylic oxidation sites excluding steroid dienone is 1. The van der Waals surface area contributed by atoms with Gasteiger partial charge in [0.25, 0.3) is 0 Å². The Morgan fingerprint density at radius 1 is 1.73 bits per heavy atom. The van der Waals surface area contributed by atoms with E-state index in [1.807, 2.05) is 13.0 Å². The molecule has 0 N–H and O–H groups in total. The molecule has 0 fully saturated rings. The normalized spacial score (nSPS) is 10.5. The Labute approximate surface area is 66.9 Å². The Bertz CT molecular complexity index is 191. The van der Waals surface area contributed by atoms with Gasteiger partial charge in [-0.3, -0.25) is 4.79 Å². The first-order valence-corrected chi connectivity index (χ1v) is 3.47. The van der Waals surface area contributed by atoms with Gasteiger partial charge in [0.1, 0.15) is 12.8 Å². The van der Waals surface area contributed by atoms with Crippen LogP contribution < -0.4 is 0 Å². The number of hydrogen-bond acceptors (Lipinski definition) is 3. The summed E-state index contributed by atoms with van der Waals surface area (Å²) < 4.78 is 0. The summed E-state index contributed by atoms with van der Waals surface area (Å²) in [6, 6.07) is 1.99. The largest absolute Gasteiger partial charge is 0.367 e. The number of carbonyl (C=O) groups is 1. The third-order valence-electron chi connectivity index (χ3n) is 1.27. The monoisotopic (exact) mass is 152 g/mol. The fraction of sp³-hybridized carbons (Fsp3) is 0.500. The van der Waals surface area contributed by atoms with Crippen LogP contribution in [0.15, 0.2) is 11.8 Å². The second-order valence-corrected chi connectivity index (χ2v) is 2.25. The highest BCUT2D eigenvalue weighted by atomic mass is 16.1. The standard InChI is InChI=1S/C8H12N2O/c1-3-8(7-11)6-10(2)5-4-9/h6-7H,3,5H2,1-2H3/b8-6-. The van der Waals surface area contributed by atoms with E-state index in [1.54, 1.807) is 18.1 Å². The molecule has 3 heteroatoms. The number of nitrogens with zero attached hydrogens (tertiary/aromatic N) is 2. The summed E-state index contributed by atoms with van der Waals surface area (Å²) in [5.74, 6) is 0. The van der Waals surface area contributed by atoms with Gasteiger partial charge >= 0.3 is 0 Å². The minimum Gasteiger partial charge on any atom is -0.367 e. The van der Waals surface area contributed by atoms with Crippen molar-refractivity contribution >= 4 is 6.29 Å². The van der Waals surface area contributed by atoms with Gasteiger partial charge in [0.2, 0.25) is 0 Å². The fourth-order valence-corrected chi connectivity index (χ4v) is 0.645. The summed E-state index contributed by atoms with van der Waals surface area (Å²) in [4.78, 5) is 12.0. The summed E-state index contributed by atoms with van der Waals surface area (Å²) >= 11 is 0. The molecule has 0 aromatic rings. The second kappa shape index (κ2) is 5.48. The average molecular weight is 152 g/mol. The summed E-state index contributed by atoms with van der Waals surface area (Å²) in [6.45, 7) is 2.22. The van der Waals surface area contributed by atoms with Crippen LogP contribution in [0.2, 0.25) is 0 Å². The minimum absolute atomic E-state index is 0.317. The van der Waals surface area contributed by atoms with Gasteiger partial charge in [-0.1, -0.05) is 6.92 Å². The molecule has 3 nitrogen and oxygen atoms in total. The van der Waals surface area contributed by atoms with Gasteiger partial charge in [-0.15, -0.1) is 0 Å². The van der Waals surface area contributed by atoms with E-state index in [1.165, 1.54) is 0 Å². The molecule has 0 radical (unpaired) electrons. The Kier molecular flexibility index (Phi) is 4.83. The van der Waals surface area contributed by atoms with Crippen LogP contribution in [-0.2, 0) is 4.79 Å². The lowest BCUT2D eigenvalue weighted by Crippen LogP contribution is -2.11. The van der Waals surface area contributed by atoms with E-state index in [4.69, 9.17) is 5.26 Å². The molecule has 0 bridgehead atoms. The number of nitriles is 1. The minimum atomic E-state index is 0.317. The quantitative estimate of drug-likeness (QED) is 0.342. The van der Waals surface area contributed by atoms with Crippen molar-refractivity contribution in [3.63, 3.8) is 0 Å². The molecule has 11 heavy (non-hydrogen) atoms. The topological polar surface area (TPSA) is 44.1 Å². The molecule has 0 aliphatic carbocycles. The average Bonchev–Trinajstić information content (AvgIpc) is 2.01. The third-order valence-corrected chi connectivity index (χ3v) is 1.27. The molecule has 0 amide bonds. The molecule has 0 spiro atoms. The van der Waals surface area contributed by atoms with E-state index in [2.05, 4.69) is 0 Å². The zero-order chi connectivity index (χ0) is 8.69. The lowest BCUT2D eigenvalue weighted by Gasteiger charge is -2.08. The van der Waals surface area contributed by atoms with Crippen molar-refractivity contribution < 1.29 is 4.79 Å². The highest BCUT2D eigenvalue weighted by molar-refractivity contribution is 5.72. The van der Waals surface area contributed by atoms with E-state index < -0.39 is 0 Å². The molecule has 0 unspecified atom stereocenters. The van der Waals surface area contributed by atoms with Crippen molar-refractivity contribution in [3.05, 3.63) is 11.8 Å². The number of carbonyl (C=O) groups excluding carboxylic acids is 1. The van der Waals surface area contributed by atoms with Gasteiger partial charge in [0, 0.05) is 18.8 Å². The summed E-state index contributed by atoms with van der Waals surface area (Å²) in [6.07, 6.45) is 3.21. The molecule has 0 heterocycles. The summed E-state index contributed by atoms with van der Waals surface area (Å²) in [7, 11) is 1.77. The van der Waals surface area contributed by atoms with Gasteiger partial charge in [0.05, 0.1) is 6.07 Å². The Hall–Kier alpha value is -1.30.